The van der Waals surface area contributed by atoms with Gasteiger partial charge in [0.15, 0.2) is 0 Å². The molecule has 0 bridgehead atoms. The molecular weight excluding hydrogens is 206 g/mol. The molecule has 0 aliphatic carbocycles. The first-order valence-electron chi connectivity index (χ1n) is 4.80. The molecule has 0 aliphatic heterocycles. The Hall–Kier alpha value is -2.02. The van der Waals surface area contributed by atoms with E-state index in [0.29, 0.717) is 16.9 Å². The fraction of sp³-hybridized carbons (Fsp3) is 0.333. The van der Waals surface area contributed by atoms with Gasteiger partial charge in [0.25, 0.3) is 0 Å². The summed E-state index contributed by atoms with van der Waals surface area (Å²) in [5, 5.41) is 8.80. The maximum Gasteiger partial charge on any atom is 0.312 e. The smallest absolute Gasteiger partial charge is 0.312 e. The maximum atomic E-state index is 11.4. The Morgan fingerprint density at radius 1 is 1.44 bits per heavy atom. The quantitative estimate of drug-likeness (QED) is 0.728. The van der Waals surface area contributed by atoms with Crippen LogP contribution in [0.2, 0.25) is 0 Å². The van der Waals surface area contributed by atoms with Gasteiger partial charge in [0.05, 0.1) is 31.8 Å². The molecule has 1 aromatic rings. The van der Waals surface area contributed by atoms with Crippen molar-refractivity contribution in [1.82, 2.24) is 0 Å². The first-order valence-corrected chi connectivity index (χ1v) is 4.80. The van der Waals surface area contributed by atoms with Crippen molar-refractivity contribution < 1.29 is 14.3 Å². The van der Waals surface area contributed by atoms with Crippen molar-refractivity contribution in [2.75, 3.05) is 14.2 Å². The summed E-state index contributed by atoms with van der Waals surface area (Å²) in [7, 11) is 2.86. The molecule has 0 amide bonds. The Balaban J connectivity index is 3.19. The van der Waals surface area contributed by atoms with Gasteiger partial charge in [-0.25, -0.2) is 0 Å². The number of benzene rings is 1. The lowest BCUT2D eigenvalue weighted by atomic mass is 9.98. The summed E-state index contributed by atoms with van der Waals surface area (Å²) in [5.41, 5.74) is 1.15. The van der Waals surface area contributed by atoms with Crippen molar-refractivity contribution in [2.45, 2.75) is 12.8 Å². The molecule has 0 aliphatic rings. The van der Waals surface area contributed by atoms with Crippen LogP contribution in [0.15, 0.2) is 18.2 Å². The molecule has 1 unspecified atom stereocenters. The SMILES string of the molecule is COC(=O)C(C)c1cc(C#N)ccc1OC. The zero-order valence-electron chi connectivity index (χ0n) is 9.48. The number of esters is 1. The number of hydrogen-bond donors (Lipinski definition) is 0. The van der Waals surface area contributed by atoms with Crippen LogP contribution in [0.4, 0.5) is 0 Å². The molecule has 0 fully saturated rings. The number of carbonyl (C=O) groups is 1. The molecule has 1 rings (SSSR count). The number of nitriles is 1. The van der Waals surface area contributed by atoms with Crippen LogP contribution in [0.3, 0.4) is 0 Å². The van der Waals surface area contributed by atoms with Crippen molar-refractivity contribution in [2.24, 2.45) is 0 Å². The van der Waals surface area contributed by atoms with Crippen LogP contribution < -0.4 is 4.74 Å². The lowest BCUT2D eigenvalue weighted by Crippen LogP contribution is -2.12. The summed E-state index contributed by atoms with van der Waals surface area (Å²) in [6, 6.07) is 6.98. The summed E-state index contributed by atoms with van der Waals surface area (Å²) >= 11 is 0. The first-order chi connectivity index (χ1) is 7.63. The average molecular weight is 219 g/mol. The molecule has 84 valence electrons. The van der Waals surface area contributed by atoms with Crippen molar-refractivity contribution in [3.05, 3.63) is 29.3 Å². The third kappa shape index (κ3) is 2.31. The number of ether oxygens (including phenoxy) is 2. The first kappa shape index (κ1) is 12.1. The van der Waals surface area contributed by atoms with E-state index in [9.17, 15) is 4.79 Å². The molecule has 0 saturated carbocycles. The Kier molecular flexibility index (Phi) is 3.90. The Labute approximate surface area is 94.4 Å². The Morgan fingerprint density at radius 2 is 2.12 bits per heavy atom. The molecule has 0 saturated heterocycles. The van der Waals surface area contributed by atoms with E-state index in [4.69, 9.17) is 10.00 Å². The zero-order valence-corrected chi connectivity index (χ0v) is 9.48. The molecule has 1 atom stereocenters. The van der Waals surface area contributed by atoms with Gasteiger partial charge in [-0.05, 0) is 25.1 Å². The third-order valence-corrected chi connectivity index (χ3v) is 2.38. The van der Waals surface area contributed by atoms with Gasteiger partial charge in [-0.1, -0.05) is 0 Å². The predicted octanol–water partition coefficient (Wildman–Crippen LogP) is 1.84. The predicted molar refractivity (Wildman–Crippen MR) is 58.1 cm³/mol. The molecule has 4 heteroatoms. The Morgan fingerprint density at radius 3 is 2.62 bits per heavy atom. The molecular formula is C12H13NO3. The highest BCUT2D eigenvalue weighted by Crippen LogP contribution is 2.28. The van der Waals surface area contributed by atoms with Crippen LogP contribution in [0.25, 0.3) is 0 Å². The summed E-state index contributed by atoms with van der Waals surface area (Å²) < 4.78 is 9.81. The van der Waals surface area contributed by atoms with Crippen LogP contribution in [0.1, 0.15) is 24.0 Å². The maximum absolute atomic E-state index is 11.4. The highest BCUT2D eigenvalue weighted by molar-refractivity contribution is 5.78. The van der Waals surface area contributed by atoms with Crippen LogP contribution in [-0.4, -0.2) is 20.2 Å². The van der Waals surface area contributed by atoms with E-state index in [1.165, 1.54) is 14.2 Å². The largest absolute Gasteiger partial charge is 0.496 e. The Bertz CT molecular complexity index is 434. The molecule has 0 radical (unpaired) electrons. The van der Waals surface area contributed by atoms with Crippen molar-refractivity contribution in [3.8, 4) is 11.8 Å². The second kappa shape index (κ2) is 5.17. The van der Waals surface area contributed by atoms with E-state index in [1.807, 2.05) is 6.07 Å². The minimum absolute atomic E-state index is 0.353. The highest BCUT2D eigenvalue weighted by atomic mass is 16.5. The number of hydrogen-bond acceptors (Lipinski definition) is 4. The molecule has 0 aromatic heterocycles. The van der Waals surface area contributed by atoms with Gasteiger partial charge in [0.2, 0.25) is 0 Å². The average Bonchev–Trinajstić information content (AvgIpc) is 2.35. The van der Waals surface area contributed by atoms with Crippen molar-refractivity contribution >= 4 is 5.97 Å². The minimum Gasteiger partial charge on any atom is -0.496 e. The lowest BCUT2D eigenvalue weighted by Gasteiger charge is -2.13. The molecule has 0 spiro atoms. The van der Waals surface area contributed by atoms with E-state index in [1.54, 1.807) is 25.1 Å². The summed E-state index contributed by atoms with van der Waals surface area (Å²) in [5.74, 6) is -0.224. The van der Waals surface area contributed by atoms with Crippen LogP contribution >= 0.6 is 0 Å². The van der Waals surface area contributed by atoms with Crippen LogP contribution in [-0.2, 0) is 9.53 Å². The highest BCUT2D eigenvalue weighted by Gasteiger charge is 2.20. The van der Waals surface area contributed by atoms with Crippen LogP contribution in [0.5, 0.6) is 5.75 Å². The fourth-order valence-corrected chi connectivity index (χ4v) is 1.45. The number of carbonyl (C=O) groups excluding carboxylic acids is 1. The molecule has 0 N–H and O–H groups in total. The van der Waals surface area contributed by atoms with Gasteiger partial charge in [0.1, 0.15) is 5.75 Å². The van der Waals surface area contributed by atoms with Gasteiger partial charge >= 0.3 is 5.97 Å². The summed E-state index contributed by atoms with van der Waals surface area (Å²) in [4.78, 5) is 11.4. The second-order valence-corrected chi connectivity index (χ2v) is 3.31. The standard InChI is InChI=1S/C12H13NO3/c1-8(12(14)16-3)10-6-9(7-13)4-5-11(10)15-2/h4-6,8H,1-3H3. The number of nitrogens with zero attached hydrogens (tertiary/aromatic N) is 1. The van der Waals surface area contributed by atoms with E-state index in [-0.39, 0.29) is 5.97 Å². The molecule has 0 heterocycles. The van der Waals surface area contributed by atoms with Gasteiger partial charge in [-0.3, -0.25) is 4.79 Å². The summed E-state index contributed by atoms with van der Waals surface area (Å²) in [6.45, 7) is 1.71. The minimum atomic E-state index is -0.451. The van der Waals surface area contributed by atoms with Gasteiger partial charge in [-0.15, -0.1) is 0 Å². The topological polar surface area (TPSA) is 59.3 Å². The monoisotopic (exact) mass is 219 g/mol. The van der Waals surface area contributed by atoms with Gasteiger partial charge in [-0.2, -0.15) is 5.26 Å². The van der Waals surface area contributed by atoms with Gasteiger partial charge in [0, 0.05) is 5.56 Å². The van der Waals surface area contributed by atoms with E-state index < -0.39 is 5.92 Å². The molecule has 16 heavy (non-hydrogen) atoms. The van der Waals surface area contributed by atoms with Crippen LogP contribution in [0, 0.1) is 11.3 Å². The van der Waals surface area contributed by atoms with E-state index in [2.05, 4.69) is 4.74 Å². The third-order valence-electron chi connectivity index (χ3n) is 2.38. The molecule has 1 aromatic carbocycles. The summed E-state index contributed by atoms with van der Waals surface area (Å²) in [6.07, 6.45) is 0. The van der Waals surface area contributed by atoms with E-state index >= 15 is 0 Å². The fourth-order valence-electron chi connectivity index (χ4n) is 1.45. The second-order valence-electron chi connectivity index (χ2n) is 3.31. The van der Waals surface area contributed by atoms with Crippen molar-refractivity contribution in [3.63, 3.8) is 0 Å². The van der Waals surface area contributed by atoms with Gasteiger partial charge < -0.3 is 9.47 Å². The van der Waals surface area contributed by atoms with Crippen molar-refractivity contribution in [1.29, 1.82) is 5.26 Å². The molecule has 4 nitrogen and oxygen atoms in total. The number of rotatable bonds is 3. The zero-order chi connectivity index (χ0) is 12.1. The van der Waals surface area contributed by atoms with E-state index in [0.717, 1.165) is 0 Å². The normalized spacial score (nSPS) is 11.4. The number of methoxy groups -OCH3 is 2. The lowest BCUT2D eigenvalue weighted by molar-refractivity contribution is -0.142.